The highest BCUT2D eigenvalue weighted by molar-refractivity contribution is 6.13. The third kappa shape index (κ3) is 3.04. The van der Waals surface area contributed by atoms with Gasteiger partial charge >= 0.3 is 6.18 Å². The molecule has 2 N–H and O–H groups in total. The molecule has 4 rings (SSSR count). The van der Waals surface area contributed by atoms with Crippen LogP contribution in [0.4, 0.5) is 30.4 Å². The maximum absolute atomic E-state index is 12.9. The van der Waals surface area contributed by atoms with Crippen molar-refractivity contribution in [3.8, 4) is 5.75 Å². The van der Waals surface area contributed by atoms with Crippen molar-refractivity contribution in [1.29, 1.82) is 5.41 Å². The second-order valence-corrected chi connectivity index (χ2v) is 6.22. The fourth-order valence-electron chi connectivity index (χ4n) is 3.10. The molecule has 1 aromatic heterocycles. The van der Waals surface area contributed by atoms with E-state index in [0.717, 1.165) is 17.8 Å². The van der Waals surface area contributed by atoms with E-state index in [1.54, 1.807) is 12.0 Å². The summed E-state index contributed by atoms with van der Waals surface area (Å²) in [6.45, 7) is 0.242. The van der Waals surface area contributed by atoms with Gasteiger partial charge in [0.2, 0.25) is 0 Å². The number of benzene rings is 2. The van der Waals surface area contributed by atoms with Gasteiger partial charge in [-0.3, -0.25) is 10.5 Å². The van der Waals surface area contributed by atoms with Crippen molar-refractivity contribution >= 4 is 23.0 Å². The molecule has 6 nitrogen and oxygen atoms in total. The molecule has 0 bridgehead atoms. The Kier molecular flexibility index (Phi) is 4.21. The van der Waals surface area contributed by atoms with Crippen LogP contribution in [0.1, 0.15) is 11.1 Å². The van der Waals surface area contributed by atoms with E-state index < -0.39 is 11.7 Å². The van der Waals surface area contributed by atoms with Crippen LogP contribution in [-0.4, -0.2) is 29.8 Å². The molecule has 144 valence electrons. The first-order valence-corrected chi connectivity index (χ1v) is 8.37. The van der Waals surface area contributed by atoms with E-state index in [4.69, 9.17) is 10.1 Å². The van der Waals surface area contributed by atoms with Crippen LogP contribution in [0.3, 0.4) is 0 Å². The molecule has 2 aromatic carbocycles. The van der Waals surface area contributed by atoms with Crippen molar-refractivity contribution in [1.82, 2.24) is 10.2 Å². The average Bonchev–Trinajstić information content (AvgIpc) is 3.18. The predicted octanol–water partition coefficient (Wildman–Crippen LogP) is 4.38. The van der Waals surface area contributed by atoms with Crippen LogP contribution in [0, 0.1) is 5.41 Å². The summed E-state index contributed by atoms with van der Waals surface area (Å²) < 4.78 is 43.7. The van der Waals surface area contributed by atoms with Gasteiger partial charge in [-0.25, -0.2) is 0 Å². The maximum Gasteiger partial charge on any atom is 0.416 e. The first-order valence-electron chi connectivity index (χ1n) is 8.37. The number of hydrogen-bond acceptors (Lipinski definition) is 4. The number of amidine groups is 1. The van der Waals surface area contributed by atoms with Crippen LogP contribution in [0.5, 0.6) is 5.75 Å². The topological polar surface area (TPSA) is 68.2 Å². The number of fused-ring (bicyclic) bond motifs is 1. The summed E-state index contributed by atoms with van der Waals surface area (Å²) in [6, 6.07) is 12.1. The molecule has 0 unspecified atom stereocenters. The van der Waals surface area contributed by atoms with Gasteiger partial charge in [0, 0.05) is 11.4 Å². The number of nitrogens with zero attached hydrogens (tertiary/aromatic N) is 3. The maximum atomic E-state index is 12.9. The second kappa shape index (κ2) is 6.59. The van der Waals surface area contributed by atoms with Gasteiger partial charge in [-0.15, -0.1) is 0 Å². The van der Waals surface area contributed by atoms with E-state index in [-0.39, 0.29) is 12.5 Å². The number of anilines is 3. The monoisotopic (exact) mass is 387 g/mol. The quantitative estimate of drug-likeness (QED) is 0.700. The van der Waals surface area contributed by atoms with Gasteiger partial charge in [0.05, 0.1) is 24.4 Å². The summed E-state index contributed by atoms with van der Waals surface area (Å²) in [5.41, 5.74) is 1.15. The molecule has 0 spiro atoms. The van der Waals surface area contributed by atoms with E-state index in [9.17, 15) is 13.2 Å². The first kappa shape index (κ1) is 17.9. The van der Waals surface area contributed by atoms with Crippen molar-refractivity contribution in [3.63, 3.8) is 0 Å². The van der Waals surface area contributed by atoms with E-state index in [1.807, 2.05) is 29.2 Å². The van der Waals surface area contributed by atoms with Crippen molar-refractivity contribution < 1.29 is 17.9 Å². The van der Waals surface area contributed by atoms with Crippen molar-refractivity contribution in [3.05, 3.63) is 65.9 Å². The van der Waals surface area contributed by atoms with Crippen molar-refractivity contribution in [2.75, 3.05) is 23.6 Å². The molecule has 1 aliphatic heterocycles. The van der Waals surface area contributed by atoms with Crippen LogP contribution in [-0.2, 0) is 6.18 Å². The highest BCUT2D eigenvalue weighted by Crippen LogP contribution is 2.36. The Labute approximate surface area is 158 Å². The SMILES string of the molecule is COc1ccc(N2CN(c3ccc(C(F)(F)F)cc3)C(=N)c3cn[nH]c32)cc1. The molecular formula is C19H16F3N5O. The second-order valence-electron chi connectivity index (χ2n) is 6.22. The van der Waals surface area contributed by atoms with E-state index in [2.05, 4.69) is 10.2 Å². The number of halogens is 3. The third-order valence-corrected chi connectivity index (χ3v) is 4.59. The van der Waals surface area contributed by atoms with Crippen LogP contribution in [0.2, 0.25) is 0 Å². The lowest BCUT2D eigenvalue weighted by molar-refractivity contribution is -0.137. The zero-order chi connectivity index (χ0) is 19.9. The third-order valence-electron chi connectivity index (χ3n) is 4.59. The van der Waals surface area contributed by atoms with Gasteiger partial charge in [0.1, 0.15) is 24.1 Å². The van der Waals surface area contributed by atoms with Crippen LogP contribution in [0.25, 0.3) is 0 Å². The van der Waals surface area contributed by atoms with Crippen molar-refractivity contribution in [2.45, 2.75) is 6.18 Å². The molecule has 9 heteroatoms. The lowest BCUT2D eigenvalue weighted by Crippen LogP contribution is -2.44. The zero-order valence-corrected chi connectivity index (χ0v) is 14.8. The summed E-state index contributed by atoms with van der Waals surface area (Å²) >= 11 is 0. The lowest BCUT2D eigenvalue weighted by Gasteiger charge is -2.37. The molecule has 0 fully saturated rings. The van der Waals surface area contributed by atoms with Gasteiger partial charge in [-0.1, -0.05) is 0 Å². The number of ether oxygens (including phenoxy) is 1. The molecule has 0 atom stereocenters. The number of hydrogen-bond donors (Lipinski definition) is 2. The van der Waals surface area contributed by atoms with Crippen LogP contribution in [0.15, 0.2) is 54.7 Å². The summed E-state index contributed by atoms with van der Waals surface area (Å²) in [4.78, 5) is 3.53. The minimum absolute atomic E-state index is 0.160. The number of nitrogens with one attached hydrogen (secondary N) is 2. The smallest absolute Gasteiger partial charge is 0.416 e. The Morgan fingerprint density at radius 1 is 1.00 bits per heavy atom. The number of alkyl halides is 3. The van der Waals surface area contributed by atoms with Gasteiger partial charge in [0.15, 0.2) is 0 Å². The number of rotatable bonds is 3. The zero-order valence-electron chi connectivity index (χ0n) is 14.8. The fraction of sp³-hybridized carbons (Fsp3) is 0.158. The molecule has 0 saturated carbocycles. The molecule has 3 aromatic rings. The minimum atomic E-state index is -4.40. The van der Waals surface area contributed by atoms with Crippen LogP contribution < -0.4 is 14.5 Å². The summed E-state index contributed by atoms with van der Waals surface area (Å²) in [7, 11) is 1.58. The van der Waals surface area contributed by atoms with Crippen LogP contribution >= 0.6 is 0 Å². The normalized spacial score (nSPS) is 14.2. The molecular weight excluding hydrogens is 371 g/mol. The largest absolute Gasteiger partial charge is 0.497 e. The molecule has 1 aliphatic rings. The average molecular weight is 387 g/mol. The van der Waals surface area contributed by atoms with Crippen molar-refractivity contribution in [2.24, 2.45) is 0 Å². The lowest BCUT2D eigenvalue weighted by atomic mass is 10.1. The molecule has 0 aliphatic carbocycles. The Bertz CT molecular complexity index is 996. The number of H-pyrrole nitrogens is 1. The number of methoxy groups -OCH3 is 1. The fourth-order valence-corrected chi connectivity index (χ4v) is 3.10. The number of aromatic nitrogens is 2. The highest BCUT2D eigenvalue weighted by atomic mass is 19.4. The molecule has 0 amide bonds. The summed E-state index contributed by atoms with van der Waals surface area (Å²) in [5.74, 6) is 1.52. The molecule has 0 radical (unpaired) electrons. The summed E-state index contributed by atoms with van der Waals surface area (Å²) in [5, 5.41) is 15.4. The number of aromatic amines is 1. The molecule has 28 heavy (non-hydrogen) atoms. The molecule has 2 heterocycles. The van der Waals surface area contributed by atoms with E-state index >= 15 is 0 Å². The van der Waals surface area contributed by atoms with Gasteiger partial charge in [0.25, 0.3) is 0 Å². The minimum Gasteiger partial charge on any atom is -0.497 e. The summed E-state index contributed by atoms with van der Waals surface area (Å²) in [6.07, 6.45) is -2.87. The Hall–Kier alpha value is -3.49. The molecule has 0 saturated heterocycles. The standard InChI is InChI=1S/C19H16F3N5O/c1-28-15-8-6-14(7-9-15)27-11-26(17(23)16-10-24-25-18(16)27)13-4-2-12(3-5-13)19(20,21)22/h2-10,23H,11H2,1H3,(H,24,25). The predicted molar refractivity (Wildman–Crippen MR) is 99.3 cm³/mol. The first-order chi connectivity index (χ1) is 13.4. The van der Waals surface area contributed by atoms with E-state index in [1.165, 1.54) is 18.3 Å². The Morgan fingerprint density at radius 2 is 1.61 bits per heavy atom. The van der Waals surface area contributed by atoms with Gasteiger partial charge in [-0.2, -0.15) is 18.3 Å². The van der Waals surface area contributed by atoms with Gasteiger partial charge < -0.3 is 14.5 Å². The Balaban J connectivity index is 1.71. The Morgan fingerprint density at radius 3 is 2.21 bits per heavy atom. The highest BCUT2D eigenvalue weighted by Gasteiger charge is 2.32. The van der Waals surface area contributed by atoms with E-state index in [0.29, 0.717) is 22.8 Å². The van der Waals surface area contributed by atoms with Gasteiger partial charge in [-0.05, 0) is 48.5 Å².